The van der Waals surface area contributed by atoms with Gasteiger partial charge in [-0.25, -0.2) is 0 Å². The van der Waals surface area contributed by atoms with E-state index in [9.17, 15) is 0 Å². The average Bonchev–Trinajstić information content (AvgIpc) is 1.80. The van der Waals surface area contributed by atoms with Crippen molar-refractivity contribution >= 4 is 28.3 Å². The number of benzene rings is 1. The third-order valence-corrected chi connectivity index (χ3v) is 2.09. The first-order valence-electron chi connectivity index (χ1n) is 2.72. The molecule has 2 heteroatoms. The smallest absolute Gasteiger partial charge is 0.0449 e. The zero-order chi connectivity index (χ0) is 6.85. The van der Waals surface area contributed by atoms with E-state index in [-0.39, 0.29) is 0 Å². The Labute approximate surface area is 68.4 Å². The standard InChI is InChI=1S/C7H8IN/c1-5-2-3-7(9)6(8)4-5/h2-4H,9H2,1H3. The molecule has 1 rings (SSSR count). The summed E-state index contributed by atoms with van der Waals surface area (Å²) < 4.78 is 1.13. The average molecular weight is 233 g/mol. The van der Waals surface area contributed by atoms with Crippen molar-refractivity contribution < 1.29 is 0 Å². The van der Waals surface area contributed by atoms with Crippen LogP contribution in [0.3, 0.4) is 0 Å². The van der Waals surface area contributed by atoms with Gasteiger partial charge >= 0.3 is 0 Å². The molecule has 2 N–H and O–H groups in total. The summed E-state index contributed by atoms with van der Waals surface area (Å²) in [6, 6.07) is 6.00. The second-order valence-corrected chi connectivity index (χ2v) is 3.19. The van der Waals surface area contributed by atoms with E-state index in [2.05, 4.69) is 35.6 Å². The van der Waals surface area contributed by atoms with E-state index < -0.39 is 0 Å². The van der Waals surface area contributed by atoms with Crippen molar-refractivity contribution in [3.63, 3.8) is 0 Å². The second-order valence-electron chi connectivity index (χ2n) is 2.02. The Bertz CT molecular complexity index is 220. The summed E-state index contributed by atoms with van der Waals surface area (Å²) in [6.07, 6.45) is 0. The van der Waals surface area contributed by atoms with Crippen LogP contribution in [0.5, 0.6) is 0 Å². The van der Waals surface area contributed by atoms with Crippen LogP contribution in [0.2, 0.25) is 0 Å². The molecular formula is C7H8IN. The lowest BCUT2D eigenvalue weighted by atomic mass is 10.2. The second kappa shape index (κ2) is 2.56. The summed E-state index contributed by atoms with van der Waals surface area (Å²) in [6.45, 7) is 2.06. The van der Waals surface area contributed by atoms with Crippen LogP contribution in [0.4, 0.5) is 5.69 Å². The Kier molecular flexibility index (Phi) is 1.95. The molecule has 0 aliphatic carbocycles. The van der Waals surface area contributed by atoms with Crippen molar-refractivity contribution in [1.29, 1.82) is 0 Å². The Morgan fingerprint density at radius 2 is 2.11 bits per heavy atom. The van der Waals surface area contributed by atoms with Crippen LogP contribution < -0.4 is 5.73 Å². The molecular weight excluding hydrogens is 225 g/mol. The first-order valence-corrected chi connectivity index (χ1v) is 3.79. The van der Waals surface area contributed by atoms with Gasteiger partial charge in [0.1, 0.15) is 0 Å². The van der Waals surface area contributed by atoms with Gasteiger partial charge in [0.05, 0.1) is 0 Å². The van der Waals surface area contributed by atoms with Gasteiger partial charge in [-0.15, -0.1) is 0 Å². The monoisotopic (exact) mass is 233 g/mol. The van der Waals surface area contributed by atoms with Gasteiger partial charge in [0.25, 0.3) is 0 Å². The van der Waals surface area contributed by atoms with E-state index >= 15 is 0 Å². The maximum absolute atomic E-state index is 5.58. The molecule has 0 fully saturated rings. The van der Waals surface area contributed by atoms with Crippen molar-refractivity contribution in [2.75, 3.05) is 5.73 Å². The van der Waals surface area contributed by atoms with E-state index in [4.69, 9.17) is 5.73 Å². The summed E-state index contributed by atoms with van der Waals surface area (Å²) >= 11 is 2.22. The van der Waals surface area contributed by atoms with E-state index in [1.807, 2.05) is 12.1 Å². The van der Waals surface area contributed by atoms with E-state index in [0.717, 1.165) is 9.26 Å². The van der Waals surface area contributed by atoms with Gasteiger partial charge in [-0.2, -0.15) is 0 Å². The van der Waals surface area contributed by atoms with Crippen molar-refractivity contribution in [2.24, 2.45) is 0 Å². The van der Waals surface area contributed by atoms with Crippen LogP contribution in [0.25, 0.3) is 0 Å². The zero-order valence-electron chi connectivity index (χ0n) is 5.19. The normalized spacial score (nSPS) is 9.56. The number of anilines is 1. The van der Waals surface area contributed by atoms with Gasteiger partial charge in [-0.1, -0.05) is 6.07 Å². The van der Waals surface area contributed by atoms with Crippen LogP contribution in [0.15, 0.2) is 18.2 Å². The maximum Gasteiger partial charge on any atom is 0.0449 e. The minimum atomic E-state index is 0.862. The molecule has 0 radical (unpaired) electrons. The number of rotatable bonds is 0. The molecule has 1 aromatic rings. The minimum absolute atomic E-state index is 0.862. The van der Waals surface area contributed by atoms with Crippen LogP contribution in [-0.4, -0.2) is 0 Å². The Morgan fingerprint density at radius 1 is 1.44 bits per heavy atom. The molecule has 0 heterocycles. The highest BCUT2D eigenvalue weighted by Gasteiger charge is 1.91. The predicted octanol–water partition coefficient (Wildman–Crippen LogP) is 2.18. The van der Waals surface area contributed by atoms with Gasteiger partial charge in [0, 0.05) is 9.26 Å². The molecule has 0 aliphatic heterocycles. The maximum atomic E-state index is 5.58. The van der Waals surface area contributed by atoms with Crippen LogP contribution in [-0.2, 0) is 0 Å². The van der Waals surface area contributed by atoms with Crippen LogP contribution in [0.1, 0.15) is 5.56 Å². The summed E-state index contributed by atoms with van der Waals surface area (Å²) in [5.74, 6) is 0. The lowest BCUT2D eigenvalue weighted by Crippen LogP contribution is -1.88. The van der Waals surface area contributed by atoms with Gasteiger partial charge in [0.15, 0.2) is 0 Å². The van der Waals surface area contributed by atoms with E-state index in [1.54, 1.807) is 0 Å². The molecule has 0 atom stereocenters. The first kappa shape index (κ1) is 6.86. The van der Waals surface area contributed by atoms with Crippen molar-refractivity contribution in [3.05, 3.63) is 27.3 Å². The van der Waals surface area contributed by atoms with Gasteiger partial charge in [0.2, 0.25) is 0 Å². The molecule has 0 aromatic heterocycles. The predicted molar refractivity (Wildman–Crippen MR) is 48.3 cm³/mol. The highest BCUT2D eigenvalue weighted by Crippen LogP contribution is 2.14. The number of nitrogens with two attached hydrogens (primary N) is 1. The Morgan fingerprint density at radius 3 is 2.56 bits per heavy atom. The highest BCUT2D eigenvalue weighted by atomic mass is 127. The number of hydrogen-bond donors (Lipinski definition) is 1. The van der Waals surface area contributed by atoms with Gasteiger partial charge < -0.3 is 5.73 Å². The molecule has 0 saturated carbocycles. The van der Waals surface area contributed by atoms with Gasteiger partial charge in [-0.3, -0.25) is 0 Å². The SMILES string of the molecule is Cc1ccc(N)c(I)c1. The molecule has 0 unspecified atom stereocenters. The first-order chi connectivity index (χ1) is 4.20. The number of aryl methyl sites for hydroxylation is 1. The molecule has 0 spiro atoms. The fraction of sp³-hybridized carbons (Fsp3) is 0.143. The van der Waals surface area contributed by atoms with Crippen LogP contribution in [0, 0.1) is 10.5 Å². The third-order valence-electron chi connectivity index (χ3n) is 1.16. The molecule has 9 heavy (non-hydrogen) atoms. The number of halogens is 1. The minimum Gasteiger partial charge on any atom is -0.398 e. The summed E-state index contributed by atoms with van der Waals surface area (Å²) in [5.41, 5.74) is 7.70. The largest absolute Gasteiger partial charge is 0.398 e. The van der Waals surface area contributed by atoms with E-state index in [1.165, 1.54) is 5.56 Å². The Hall–Kier alpha value is -0.250. The fourth-order valence-electron chi connectivity index (χ4n) is 0.632. The molecule has 0 bridgehead atoms. The molecule has 0 aliphatic rings. The number of hydrogen-bond acceptors (Lipinski definition) is 1. The Balaban J connectivity index is 3.17. The topological polar surface area (TPSA) is 26.0 Å². The van der Waals surface area contributed by atoms with E-state index in [0.29, 0.717) is 0 Å². The highest BCUT2D eigenvalue weighted by molar-refractivity contribution is 14.1. The molecule has 48 valence electrons. The summed E-state index contributed by atoms with van der Waals surface area (Å²) in [4.78, 5) is 0. The molecule has 0 saturated heterocycles. The van der Waals surface area contributed by atoms with Crippen molar-refractivity contribution in [3.8, 4) is 0 Å². The molecule has 0 amide bonds. The lowest BCUT2D eigenvalue weighted by molar-refractivity contribution is 1.45. The summed E-state index contributed by atoms with van der Waals surface area (Å²) in [5, 5.41) is 0. The zero-order valence-corrected chi connectivity index (χ0v) is 7.34. The van der Waals surface area contributed by atoms with Crippen molar-refractivity contribution in [1.82, 2.24) is 0 Å². The van der Waals surface area contributed by atoms with Crippen LogP contribution >= 0.6 is 22.6 Å². The molecule has 1 aromatic carbocycles. The quantitative estimate of drug-likeness (QED) is 0.539. The lowest BCUT2D eigenvalue weighted by Gasteiger charge is -1.96. The third kappa shape index (κ3) is 1.58. The number of nitrogen functional groups attached to an aromatic ring is 1. The fourth-order valence-corrected chi connectivity index (χ4v) is 1.30. The van der Waals surface area contributed by atoms with Crippen molar-refractivity contribution in [2.45, 2.75) is 6.92 Å². The van der Waals surface area contributed by atoms with Gasteiger partial charge in [-0.05, 0) is 47.2 Å². The molecule has 1 nitrogen and oxygen atoms in total. The summed E-state index contributed by atoms with van der Waals surface area (Å²) in [7, 11) is 0.